The molecule has 144 valence electrons. The van der Waals surface area contributed by atoms with Crippen LogP contribution in [0.25, 0.3) is 0 Å². The Bertz CT molecular complexity index is 971. The molecule has 2 heterocycles. The average molecular weight is 414 g/mol. The third-order valence-electron chi connectivity index (χ3n) is 5.09. The lowest BCUT2D eigenvalue weighted by atomic mass is 10.0. The maximum Gasteiger partial charge on any atom is 0.322 e. The molecular formula is C22H21Cl2N3O. The maximum absolute atomic E-state index is 13.2. The SMILES string of the molecule is O=C(Nc1ccc(Cl)cc1Cl)N1CCCn2cccc2C1Cc1ccccc1. The molecule has 0 radical (unpaired) electrons. The minimum Gasteiger partial charge on any atom is -0.350 e. The highest BCUT2D eigenvalue weighted by Crippen LogP contribution is 2.31. The number of fused-ring (bicyclic) bond motifs is 1. The van der Waals surface area contributed by atoms with E-state index in [1.807, 2.05) is 29.2 Å². The van der Waals surface area contributed by atoms with Gasteiger partial charge in [0.05, 0.1) is 16.8 Å². The van der Waals surface area contributed by atoms with E-state index >= 15 is 0 Å². The molecule has 2 aromatic carbocycles. The van der Waals surface area contributed by atoms with Gasteiger partial charge in [0, 0.05) is 30.0 Å². The summed E-state index contributed by atoms with van der Waals surface area (Å²) in [6.07, 6.45) is 3.74. The highest BCUT2D eigenvalue weighted by molar-refractivity contribution is 6.36. The van der Waals surface area contributed by atoms with E-state index in [2.05, 4.69) is 34.3 Å². The number of hydrogen-bond acceptors (Lipinski definition) is 1. The van der Waals surface area contributed by atoms with Crippen LogP contribution < -0.4 is 5.32 Å². The zero-order valence-corrected chi connectivity index (χ0v) is 16.8. The van der Waals surface area contributed by atoms with E-state index in [-0.39, 0.29) is 12.1 Å². The monoisotopic (exact) mass is 413 g/mol. The van der Waals surface area contributed by atoms with Gasteiger partial charge in [0.2, 0.25) is 0 Å². The zero-order chi connectivity index (χ0) is 19.5. The number of carbonyl (C=O) groups is 1. The fraction of sp³-hybridized carbons (Fsp3) is 0.227. The van der Waals surface area contributed by atoms with Crippen LogP contribution in [0.4, 0.5) is 10.5 Å². The number of urea groups is 1. The first-order valence-electron chi connectivity index (χ1n) is 9.33. The standard InChI is InChI=1S/C22H21Cl2N3O/c23-17-9-10-19(18(24)15-17)25-22(28)27-13-5-12-26-11-4-8-20(26)21(27)14-16-6-2-1-3-7-16/h1-4,6-11,15,21H,5,12-14H2,(H,25,28). The molecule has 1 aliphatic heterocycles. The molecule has 1 aliphatic rings. The van der Waals surface area contributed by atoms with E-state index in [4.69, 9.17) is 23.2 Å². The third kappa shape index (κ3) is 4.03. The highest BCUT2D eigenvalue weighted by Gasteiger charge is 2.29. The second kappa shape index (κ2) is 8.29. The molecule has 1 aromatic heterocycles. The molecule has 0 fully saturated rings. The summed E-state index contributed by atoms with van der Waals surface area (Å²) < 4.78 is 2.25. The van der Waals surface area contributed by atoms with Crippen LogP contribution in [0.2, 0.25) is 10.0 Å². The summed E-state index contributed by atoms with van der Waals surface area (Å²) >= 11 is 12.2. The van der Waals surface area contributed by atoms with Crippen LogP contribution in [0.1, 0.15) is 23.7 Å². The van der Waals surface area contributed by atoms with E-state index in [0.717, 1.165) is 25.1 Å². The first-order valence-corrected chi connectivity index (χ1v) is 10.1. The Hall–Kier alpha value is -2.43. The molecule has 3 aromatic rings. The van der Waals surface area contributed by atoms with Gasteiger partial charge in [-0.3, -0.25) is 0 Å². The van der Waals surface area contributed by atoms with Gasteiger partial charge in [-0.05, 0) is 48.7 Å². The molecule has 1 N–H and O–H groups in total. The summed E-state index contributed by atoms with van der Waals surface area (Å²) in [5.41, 5.74) is 2.91. The van der Waals surface area contributed by atoms with E-state index in [1.165, 1.54) is 5.56 Å². The lowest BCUT2D eigenvalue weighted by Gasteiger charge is -2.30. The van der Waals surface area contributed by atoms with Crippen molar-refractivity contribution in [3.8, 4) is 0 Å². The van der Waals surface area contributed by atoms with Gasteiger partial charge in [0.15, 0.2) is 0 Å². The van der Waals surface area contributed by atoms with Gasteiger partial charge >= 0.3 is 6.03 Å². The van der Waals surface area contributed by atoms with Gasteiger partial charge in [-0.1, -0.05) is 53.5 Å². The number of carbonyl (C=O) groups excluding carboxylic acids is 1. The topological polar surface area (TPSA) is 37.3 Å². The van der Waals surface area contributed by atoms with Crippen LogP contribution >= 0.6 is 23.2 Å². The van der Waals surface area contributed by atoms with Crippen LogP contribution in [0, 0.1) is 0 Å². The van der Waals surface area contributed by atoms with Gasteiger partial charge in [0.25, 0.3) is 0 Å². The first-order chi connectivity index (χ1) is 13.6. The Balaban J connectivity index is 1.63. The number of nitrogens with zero attached hydrogens (tertiary/aromatic N) is 2. The summed E-state index contributed by atoms with van der Waals surface area (Å²) in [6.45, 7) is 1.58. The Labute approximate surface area is 174 Å². The highest BCUT2D eigenvalue weighted by atomic mass is 35.5. The quantitative estimate of drug-likeness (QED) is 0.560. The van der Waals surface area contributed by atoms with E-state index in [0.29, 0.717) is 22.3 Å². The normalized spacial score (nSPS) is 16.4. The fourth-order valence-corrected chi connectivity index (χ4v) is 4.19. The van der Waals surface area contributed by atoms with Crippen LogP contribution in [-0.4, -0.2) is 22.0 Å². The molecule has 4 rings (SSSR count). The summed E-state index contributed by atoms with van der Waals surface area (Å²) in [7, 11) is 0. The van der Waals surface area contributed by atoms with Crippen LogP contribution in [0.5, 0.6) is 0 Å². The number of benzene rings is 2. The Morgan fingerprint density at radius 3 is 2.64 bits per heavy atom. The number of halogens is 2. The van der Waals surface area contributed by atoms with Gasteiger partial charge in [-0.25, -0.2) is 4.79 Å². The van der Waals surface area contributed by atoms with Crippen LogP contribution in [0.15, 0.2) is 66.9 Å². The van der Waals surface area contributed by atoms with Gasteiger partial charge in [-0.15, -0.1) is 0 Å². The molecule has 0 spiro atoms. The largest absolute Gasteiger partial charge is 0.350 e. The van der Waals surface area contributed by atoms with Crippen molar-refractivity contribution in [2.24, 2.45) is 0 Å². The van der Waals surface area contributed by atoms with Crippen molar-refractivity contribution in [2.45, 2.75) is 25.4 Å². The van der Waals surface area contributed by atoms with Crippen molar-refractivity contribution >= 4 is 34.9 Å². The molecule has 0 saturated heterocycles. The predicted molar refractivity (Wildman–Crippen MR) is 114 cm³/mol. The van der Waals surface area contributed by atoms with Crippen molar-refractivity contribution in [1.29, 1.82) is 0 Å². The molecule has 6 heteroatoms. The predicted octanol–water partition coefficient (Wildman–Crippen LogP) is 6.02. The van der Waals surface area contributed by atoms with Crippen LogP contribution in [0.3, 0.4) is 0 Å². The van der Waals surface area contributed by atoms with Crippen molar-refractivity contribution < 1.29 is 4.79 Å². The lowest BCUT2D eigenvalue weighted by Crippen LogP contribution is -2.39. The molecule has 0 aliphatic carbocycles. The summed E-state index contributed by atoms with van der Waals surface area (Å²) in [6, 6.07) is 19.3. The van der Waals surface area contributed by atoms with Crippen molar-refractivity contribution in [2.75, 3.05) is 11.9 Å². The molecule has 1 atom stereocenters. The number of aryl methyl sites for hydroxylation is 1. The summed E-state index contributed by atoms with van der Waals surface area (Å²) in [5, 5.41) is 3.93. The Morgan fingerprint density at radius 1 is 1.04 bits per heavy atom. The number of amides is 2. The number of nitrogens with one attached hydrogen (secondary N) is 1. The van der Waals surface area contributed by atoms with E-state index in [9.17, 15) is 4.79 Å². The minimum atomic E-state index is -0.153. The van der Waals surface area contributed by atoms with Crippen molar-refractivity contribution in [3.63, 3.8) is 0 Å². The van der Waals surface area contributed by atoms with Crippen LogP contribution in [-0.2, 0) is 13.0 Å². The first kappa shape index (κ1) is 18.9. The Morgan fingerprint density at radius 2 is 1.86 bits per heavy atom. The molecular weight excluding hydrogens is 393 g/mol. The van der Waals surface area contributed by atoms with E-state index in [1.54, 1.807) is 18.2 Å². The third-order valence-corrected chi connectivity index (χ3v) is 5.63. The number of hydrogen-bond donors (Lipinski definition) is 1. The summed E-state index contributed by atoms with van der Waals surface area (Å²) in [5.74, 6) is 0. The number of aromatic nitrogens is 1. The smallest absolute Gasteiger partial charge is 0.322 e. The average Bonchev–Trinajstić information content (AvgIpc) is 3.08. The Kier molecular flexibility index (Phi) is 5.60. The summed E-state index contributed by atoms with van der Waals surface area (Å²) in [4.78, 5) is 15.1. The minimum absolute atomic E-state index is 0.0500. The second-order valence-electron chi connectivity index (χ2n) is 6.93. The molecule has 1 unspecified atom stereocenters. The van der Waals surface area contributed by atoms with Gasteiger partial charge in [-0.2, -0.15) is 0 Å². The lowest BCUT2D eigenvalue weighted by molar-refractivity contribution is 0.188. The second-order valence-corrected chi connectivity index (χ2v) is 7.78. The van der Waals surface area contributed by atoms with Crippen molar-refractivity contribution in [1.82, 2.24) is 9.47 Å². The maximum atomic E-state index is 13.2. The van der Waals surface area contributed by atoms with Crippen molar-refractivity contribution in [3.05, 3.63) is 88.2 Å². The molecule has 0 saturated carbocycles. The van der Waals surface area contributed by atoms with E-state index < -0.39 is 0 Å². The zero-order valence-electron chi connectivity index (χ0n) is 15.3. The molecule has 28 heavy (non-hydrogen) atoms. The van der Waals surface area contributed by atoms with Gasteiger partial charge in [0.1, 0.15) is 0 Å². The fourth-order valence-electron chi connectivity index (χ4n) is 3.73. The number of rotatable bonds is 3. The van der Waals surface area contributed by atoms with Gasteiger partial charge < -0.3 is 14.8 Å². The molecule has 4 nitrogen and oxygen atoms in total. The molecule has 0 bridgehead atoms. The number of anilines is 1. The molecule has 2 amide bonds.